The van der Waals surface area contributed by atoms with Crippen LogP contribution in [0.25, 0.3) is 0 Å². The monoisotopic (exact) mass is 194 g/mol. The fourth-order valence-corrected chi connectivity index (χ4v) is 1.29. The second kappa shape index (κ2) is 7.54. The minimum absolute atomic E-state index is 0.221. The van der Waals surface area contributed by atoms with Gasteiger partial charge in [-0.25, -0.2) is 0 Å². The largest absolute Gasteiger partial charge is 0.396 e. The molecule has 0 aromatic heterocycles. The molecule has 0 saturated carbocycles. The van der Waals surface area contributed by atoms with Gasteiger partial charge in [0, 0.05) is 19.8 Å². The van der Waals surface area contributed by atoms with Crippen LogP contribution in [0, 0.1) is 0 Å². The van der Waals surface area contributed by atoms with Crippen molar-refractivity contribution in [3.63, 3.8) is 0 Å². The highest BCUT2D eigenvalue weighted by atomic mass is 16.5. The zero-order valence-electron chi connectivity index (χ0n) is 8.48. The topological polar surface area (TPSA) is 29.5 Å². The first kappa shape index (κ1) is 11.2. The lowest BCUT2D eigenvalue weighted by molar-refractivity contribution is 0.114. The molecule has 0 fully saturated rings. The summed E-state index contributed by atoms with van der Waals surface area (Å²) in [4.78, 5) is 0. The van der Waals surface area contributed by atoms with Gasteiger partial charge in [-0.1, -0.05) is 30.3 Å². The number of aliphatic hydroxyl groups is 1. The van der Waals surface area contributed by atoms with Crippen LogP contribution in [0.5, 0.6) is 0 Å². The third-order valence-electron chi connectivity index (χ3n) is 2.04. The molecule has 1 aromatic carbocycles. The highest BCUT2D eigenvalue weighted by Gasteiger charge is 1.92. The Morgan fingerprint density at radius 2 is 1.71 bits per heavy atom. The van der Waals surface area contributed by atoms with Gasteiger partial charge in [-0.05, 0) is 24.8 Å². The highest BCUT2D eigenvalue weighted by Crippen LogP contribution is 2.02. The summed E-state index contributed by atoms with van der Waals surface area (Å²) in [6.07, 6.45) is 2.86. The predicted molar refractivity (Wildman–Crippen MR) is 57.3 cm³/mol. The standard InChI is InChI=1S/C12H18O2/c13-9-5-11-14-10-4-8-12-6-2-1-3-7-12/h1-3,6-7,13H,4-5,8-11H2. The third-order valence-corrected chi connectivity index (χ3v) is 2.04. The van der Waals surface area contributed by atoms with Crippen LogP contribution in [0.15, 0.2) is 30.3 Å². The quantitative estimate of drug-likeness (QED) is 0.673. The summed E-state index contributed by atoms with van der Waals surface area (Å²) in [5.41, 5.74) is 1.36. The Bertz CT molecular complexity index is 221. The average Bonchev–Trinajstić information content (AvgIpc) is 2.25. The molecule has 0 radical (unpaired) electrons. The number of aryl methyl sites for hydroxylation is 1. The molecular weight excluding hydrogens is 176 g/mol. The Balaban J connectivity index is 1.99. The van der Waals surface area contributed by atoms with Gasteiger partial charge >= 0.3 is 0 Å². The summed E-state index contributed by atoms with van der Waals surface area (Å²) in [7, 11) is 0. The molecule has 0 aliphatic carbocycles. The molecule has 78 valence electrons. The summed E-state index contributed by atoms with van der Waals surface area (Å²) in [5, 5.41) is 8.52. The van der Waals surface area contributed by atoms with E-state index in [4.69, 9.17) is 9.84 Å². The molecule has 1 rings (SSSR count). The summed E-state index contributed by atoms with van der Waals surface area (Å²) in [6, 6.07) is 10.4. The first-order valence-corrected chi connectivity index (χ1v) is 5.16. The molecule has 1 N–H and O–H groups in total. The van der Waals surface area contributed by atoms with Gasteiger partial charge in [0.25, 0.3) is 0 Å². The number of benzene rings is 1. The van der Waals surface area contributed by atoms with Crippen LogP contribution in [0.2, 0.25) is 0 Å². The smallest absolute Gasteiger partial charge is 0.0487 e. The van der Waals surface area contributed by atoms with E-state index in [1.165, 1.54) is 5.56 Å². The van der Waals surface area contributed by atoms with Crippen LogP contribution in [-0.2, 0) is 11.2 Å². The number of rotatable bonds is 7. The van der Waals surface area contributed by atoms with E-state index in [0.717, 1.165) is 25.9 Å². The molecule has 0 bridgehead atoms. The minimum atomic E-state index is 0.221. The number of hydrogen-bond donors (Lipinski definition) is 1. The SMILES string of the molecule is OCCCOCCCc1ccccc1. The van der Waals surface area contributed by atoms with E-state index in [0.29, 0.717) is 6.61 Å². The van der Waals surface area contributed by atoms with Crippen LogP contribution >= 0.6 is 0 Å². The molecule has 2 nitrogen and oxygen atoms in total. The highest BCUT2D eigenvalue weighted by molar-refractivity contribution is 5.14. The van der Waals surface area contributed by atoms with E-state index in [1.54, 1.807) is 0 Å². The van der Waals surface area contributed by atoms with Crippen molar-refractivity contribution in [2.45, 2.75) is 19.3 Å². The first-order valence-electron chi connectivity index (χ1n) is 5.16. The summed E-state index contributed by atoms with van der Waals surface area (Å²) in [6.45, 7) is 1.68. The van der Waals surface area contributed by atoms with E-state index >= 15 is 0 Å². The molecule has 0 aliphatic heterocycles. The summed E-state index contributed by atoms with van der Waals surface area (Å²) >= 11 is 0. The van der Waals surface area contributed by atoms with Gasteiger partial charge in [0.15, 0.2) is 0 Å². The summed E-state index contributed by atoms with van der Waals surface area (Å²) < 4.78 is 5.34. The van der Waals surface area contributed by atoms with Gasteiger partial charge in [-0.15, -0.1) is 0 Å². The molecule has 0 heterocycles. The fraction of sp³-hybridized carbons (Fsp3) is 0.500. The van der Waals surface area contributed by atoms with Crippen LogP contribution in [0.4, 0.5) is 0 Å². The molecule has 0 spiro atoms. The molecule has 0 aliphatic rings. The van der Waals surface area contributed by atoms with Gasteiger partial charge < -0.3 is 9.84 Å². The average molecular weight is 194 g/mol. The summed E-state index contributed by atoms with van der Waals surface area (Å²) in [5.74, 6) is 0. The first-order chi connectivity index (χ1) is 6.93. The van der Waals surface area contributed by atoms with Crippen molar-refractivity contribution in [2.24, 2.45) is 0 Å². The van der Waals surface area contributed by atoms with Crippen molar-refractivity contribution in [3.8, 4) is 0 Å². The van der Waals surface area contributed by atoms with E-state index in [-0.39, 0.29) is 6.61 Å². The number of ether oxygens (including phenoxy) is 1. The molecule has 0 saturated heterocycles. The normalized spacial score (nSPS) is 10.4. The lowest BCUT2D eigenvalue weighted by Crippen LogP contribution is -2.00. The molecule has 2 heteroatoms. The van der Waals surface area contributed by atoms with E-state index in [1.807, 2.05) is 6.07 Å². The maximum atomic E-state index is 8.52. The van der Waals surface area contributed by atoms with Gasteiger partial charge in [-0.3, -0.25) is 0 Å². The van der Waals surface area contributed by atoms with Gasteiger partial charge in [-0.2, -0.15) is 0 Å². The number of aliphatic hydroxyl groups excluding tert-OH is 1. The van der Waals surface area contributed by atoms with E-state index < -0.39 is 0 Å². The van der Waals surface area contributed by atoms with Crippen molar-refractivity contribution >= 4 is 0 Å². The fourth-order valence-electron chi connectivity index (χ4n) is 1.29. The van der Waals surface area contributed by atoms with E-state index in [2.05, 4.69) is 24.3 Å². The van der Waals surface area contributed by atoms with Crippen molar-refractivity contribution in [1.29, 1.82) is 0 Å². The molecular formula is C12H18O2. The molecule has 0 amide bonds. The molecule has 0 atom stereocenters. The van der Waals surface area contributed by atoms with Crippen molar-refractivity contribution in [2.75, 3.05) is 19.8 Å². The van der Waals surface area contributed by atoms with Crippen molar-refractivity contribution < 1.29 is 9.84 Å². The predicted octanol–water partition coefficient (Wildman–Crippen LogP) is 2.02. The van der Waals surface area contributed by atoms with Gasteiger partial charge in [0.05, 0.1) is 0 Å². The van der Waals surface area contributed by atoms with Gasteiger partial charge in [0.2, 0.25) is 0 Å². The molecule has 1 aromatic rings. The lowest BCUT2D eigenvalue weighted by Gasteiger charge is -2.03. The van der Waals surface area contributed by atoms with Gasteiger partial charge in [0.1, 0.15) is 0 Å². The minimum Gasteiger partial charge on any atom is -0.396 e. The maximum absolute atomic E-state index is 8.52. The zero-order chi connectivity index (χ0) is 10.1. The van der Waals surface area contributed by atoms with Crippen LogP contribution in [-0.4, -0.2) is 24.9 Å². The Morgan fingerprint density at radius 3 is 2.43 bits per heavy atom. The molecule has 14 heavy (non-hydrogen) atoms. The Labute approximate surface area is 85.5 Å². The lowest BCUT2D eigenvalue weighted by atomic mass is 10.1. The Morgan fingerprint density at radius 1 is 1.00 bits per heavy atom. The molecule has 0 unspecified atom stereocenters. The second-order valence-electron chi connectivity index (χ2n) is 3.28. The van der Waals surface area contributed by atoms with Crippen molar-refractivity contribution in [1.82, 2.24) is 0 Å². The van der Waals surface area contributed by atoms with Crippen LogP contribution < -0.4 is 0 Å². The van der Waals surface area contributed by atoms with Crippen LogP contribution in [0.1, 0.15) is 18.4 Å². The number of hydrogen-bond acceptors (Lipinski definition) is 2. The Hall–Kier alpha value is -0.860. The van der Waals surface area contributed by atoms with E-state index in [9.17, 15) is 0 Å². The third kappa shape index (κ3) is 5.00. The maximum Gasteiger partial charge on any atom is 0.0487 e. The van der Waals surface area contributed by atoms with Crippen molar-refractivity contribution in [3.05, 3.63) is 35.9 Å². The second-order valence-corrected chi connectivity index (χ2v) is 3.28. The Kier molecular flexibility index (Phi) is 6.04. The van der Waals surface area contributed by atoms with Crippen LogP contribution in [0.3, 0.4) is 0 Å². The zero-order valence-corrected chi connectivity index (χ0v) is 8.48.